The van der Waals surface area contributed by atoms with Gasteiger partial charge >= 0.3 is 0 Å². The van der Waals surface area contributed by atoms with E-state index in [9.17, 15) is 4.39 Å². The van der Waals surface area contributed by atoms with Gasteiger partial charge in [0.1, 0.15) is 5.82 Å². The van der Waals surface area contributed by atoms with Crippen LogP contribution in [0, 0.1) is 19.7 Å². The fraction of sp³-hybridized carbons (Fsp3) is 0.250. The Bertz CT molecular complexity index is 643. The van der Waals surface area contributed by atoms with Gasteiger partial charge in [0, 0.05) is 10.0 Å². The molecule has 1 nitrogen and oxygen atoms in total. The molecule has 1 atom stereocenters. The van der Waals surface area contributed by atoms with Crippen LogP contribution >= 0.6 is 27.5 Å². The lowest BCUT2D eigenvalue weighted by Crippen LogP contribution is -2.20. The molecule has 0 bridgehead atoms. The predicted octanol–water partition coefficient (Wildman–Crippen LogP) is 5.17. The molecule has 1 N–H and O–H groups in total. The van der Waals surface area contributed by atoms with E-state index in [1.807, 2.05) is 33.0 Å². The number of benzene rings is 2. The summed E-state index contributed by atoms with van der Waals surface area (Å²) in [6.07, 6.45) is 0. The first kappa shape index (κ1) is 15.5. The van der Waals surface area contributed by atoms with E-state index in [0.29, 0.717) is 10.0 Å². The van der Waals surface area contributed by atoms with Crippen LogP contribution in [0.1, 0.15) is 28.3 Å². The Morgan fingerprint density at radius 2 is 1.80 bits per heavy atom. The van der Waals surface area contributed by atoms with E-state index in [2.05, 4.69) is 27.3 Å². The normalized spacial score (nSPS) is 12.5. The largest absolute Gasteiger partial charge is 0.309 e. The second-order valence-electron chi connectivity index (χ2n) is 4.85. The van der Waals surface area contributed by atoms with Crippen molar-refractivity contribution in [3.8, 4) is 0 Å². The van der Waals surface area contributed by atoms with Gasteiger partial charge in [-0.1, -0.05) is 41.4 Å². The monoisotopic (exact) mass is 355 g/mol. The number of hydrogen-bond donors (Lipinski definition) is 1. The third-order valence-corrected chi connectivity index (χ3v) is 4.66. The van der Waals surface area contributed by atoms with Crippen LogP contribution in [0.3, 0.4) is 0 Å². The molecule has 0 heterocycles. The van der Waals surface area contributed by atoms with Crippen molar-refractivity contribution in [2.45, 2.75) is 19.9 Å². The van der Waals surface area contributed by atoms with Crippen LogP contribution in [0.15, 0.2) is 34.8 Å². The van der Waals surface area contributed by atoms with Crippen molar-refractivity contribution < 1.29 is 4.39 Å². The summed E-state index contributed by atoms with van der Waals surface area (Å²) in [5.74, 6) is -0.389. The van der Waals surface area contributed by atoms with Gasteiger partial charge in [-0.05, 0) is 54.0 Å². The van der Waals surface area contributed by atoms with Crippen molar-refractivity contribution in [2.75, 3.05) is 7.05 Å². The molecule has 106 valence electrons. The number of rotatable bonds is 3. The van der Waals surface area contributed by atoms with Crippen LogP contribution in [-0.4, -0.2) is 7.05 Å². The highest BCUT2D eigenvalue weighted by molar-refractivity contribution is 9.10. The number of nitrogens with one attached hydrogen (secondary N) is 1. The molecular weight excluding hydrogens is 341 g/mol. The van der Waals surface area contributed by atoms with Gasteiger partial charge in [-0.2, -0.15) is 0 Å². The van der Waals surface area contributed by atoms with Crippen molar-refractivity contribution >= 4 is 27.5 Å². The van der Waals surface area contributed by atoms with Crippen LogP contribution < -0.4 is 5.32 Å². The molecule has 2 aromatic carbocycles. The smallest absolute Gasteiger partial charge is 0.148 e. The van der Waals surface area contributed by atoms with Crippen molar-refractivity contribution in [3.05, 3.63) is 67.9 Å². The quantitative estimate of drug-likeness (QED) is 0.748. The first-order chi connectivity index (χ1) is 9.45. The maximum Gasteiger partial charge on any atom is 0.148 e. The van der Waals surface area contributed by atoms with Gasteiger partial charge in [-0.15, -0.1) is 0 Å². The van der Waals surface area contributed by atoms with Crippen molar-refractivity contribution in [3.63, 3.8) is 0 Å². The van der Waals surface area contributed by atoms with E-state index >= 15 is 0 Å². The van der Waals surface area contributed by atoms with E-state index in [0.717, 1.165) is 11.1 Å². The molecule has 20 heavy (non-hydrogen) atoms. The number of halogens is 3. The maximum atomic E-state index is 14.4. The average Bonchev–Trinajstić information content (AvgIpc) is 2.41. The summed E-state index contributed by atoms with van der Waals surface area (Å²) in [5, 5.41) is 3.29. The lowest BCUT2D eigenvalue weighted by molar-refractivity contribution is 0.575. The molecule has 2 rings (SSSR count). The zero-order valence-corrected chi connectivity index (χ0v) is 13.9. The summed E-state index contributed by atoms with van der Waals surface area (Å²) in [5.41, 5.74) is 3.92. The summed E-state index contributed by atoms with van der Waals surface area (Å²) in [4.78, 5) is 0. The van der Waals surface area contributed by atoms with E-state index in [1.54, 1.807) is 12.1 Å². The first-order valence-corrected chi connectivity index (χ1v) is 7.50. The lowest BCUT2D eigenvalue weighted by Gasteiger charge is -2.21. The summed E-state index contributed by atoms with van der Waals surface area (Å²) in [7, 11) is 1.82. The SMILES string of the molecule is CNC(c1ccc(C)cc1C)c1ccc(Br)c(Cl)c1F. The minimum Gasteiger partial charge on any atom is -0.309 e. The topological polar surface area (TPSA) is 12.0 Å². The number of hydrogen-bond acceptors (Lipinski definition) is 1. The van der Waals surface area contributed by atoms with Crippen LogP contribution in [0.4, 0.5) is 4.39 Å². The third kappa shape index (κ3) is 2.90. The Labute approximate surface area is 132 Å². The summed E-state index contributed by atoms with van der Waals surface area (Å²) in [6, 6.07) is 9.46. The molecule has 4 heteroatoms. The standard InChI is InChI=1S/C16H16BrClFN/c1-9-4-5-11(10(2)8-9)16(20-3)12-6-7-13(17)14(18)15(12)19/h4-8,16,20H,1-3H3. The third-order valence-electron chi connectivity index (χ3n) is 3.40. The Morgan fingerprint density at radius 3 is 2.40 bits per heavy atom. The van der Waals surface area contributed by atoms with Crippen LogP contribution in [0.2, 0.25) is 5.02 Å². The minimum atomic E-state index is -0.389. The van der Waals surface area contributed by atoms with Gasteiger partial charge in [0.2, 0.25) is 0 Å². The fourth-order valence-electron chi connectivity index (χ4n) is 2.39. The summed E-state index contributed by atoms with van der Waals surface area (Å²) < 4.78 is 15.0. The van der Waals surface area contributed by atoms with E-state index in [4.69, 9.17) is 11.6 Å². The molecule has 0 amide bonds. The zero-order valence-electron chi connectivity index (χ0n) is 11.6. The number of aryl methyl sites for hydroxylation is 2. The molecule has 0 spiro atoms. The second-order valence-corrected chi connectivity index (χ2v) is 6.08. The van der Waals surface area contributed by atoms with E-state index in [1.165, 1.54) is 5.56 Å². The van der Waals surface area contributed by atoms with Gasteiger partial charge in [0.05, 0.1) is 11.1 Å². The molecule has 0 radical (unpaired) electrons. The molecule has 0 aromatic heterocycles. The molecule has 0 saturated carbocycles. The lowest BCUT2D eigenvalue weighted by atomic mass is 9.93. The zero-order chi connectivity index (χ0) is 14.9. The molecule has 1 unspecified atom stereocenters. The van der Waals surface area contributed by atoms with Crippen molar-refractivity contribution in [2.24, 2.45) is 0 Å². The van der Waals surface area contributed by atoms with Crippen molar-refractivity contribution in [1.29, 1.82) is 0 Å². The molecule has 0 aliphatic rings. The Kier molecular flexibility index (Phi) is 4.84. The van der Waals surface area contributed by atoms with Crippen molar-refractivity contribution in [1.82, 2.24) is 5.32 Å². The second kappa shape index (κ2) is 6.25. The molecule has 0 saturated heterocycles. The van der Waals surface area contributed by atoms with E-state index < -0.39 is 0 Å². The Morgan fingerprint density at radius 1 is 1.15 bits per heavy atom. The first-order valence-electron chi connectivity index (χ1n) is 6.33. The summed E-state index contributed by atoms with van der Waals surface area (Å²) >= 11 is 9.23. The average molecular weight is 357 g/mol. The van der Waals surface area contributed by atoms with Crippen LogP contribution in [-0.2, 0) is 0 Å². The summed E-state index contributed by atoms with van der Waals surface area (Å²) in [6.45, 7) is 4.08. The maximum absolute atomic E-state index is 14.4. The molecular formula is C16H16BrClFN. The van der Waals surface area contributed by atoms with Crippen LogP contribution in [0.5, 0.6) is 0 Å². The highest BCUT2D eigenvalue weighted by atomic mass is 79.9. The minimum absolute atomic E-state index is 0.118. The van der Waals surface area contributed by atoms with Gasteiger partial charge in [-0.3, -0.25) is 0 Å². The fourth-order valence-corrected chi connectivity index (χ4v) is 2.87. The molecule has 2 aromatic rings. The van der Waals surface area contributed by atoms with Gasteiger partial charge in [0.25, 0.3) is 0 Å². The highest BCUT2D eigenvalue weighted by Gasteiger charge is 2.20. The van der Waals surface area contributed by atoms with Crippen LogP contribution in [0.25, 0.3) is 0 Å². The van der Waals surface area contributed by atoms with Gasteiger partial charge in [-0.25, -0.2) is 4.39 Å². The predicted molar refractivity (Wildman–Crippen MR) is 85.9 cm³/mol. The molecule has 0 fully saturated rings. The highest BCUT2D eigenvalue weighted by Crippen LogP contribution is 2.33. The molecule has 0 aliphatic carbocycles. The van der Waals surface area contributed by atoms with Gasteiger partial charge < -0.3 is 5.32 Å². The Hall–Kier alpha value is -0.900. The van der Waals surface area contributed by atoms with E-state index in [-0.39, 0.29) is 16.9 Å². The molecule has 0 aliphatic heterocycles. The Balaban J connectivity index is 2.55. The van der Waals surface area contributed by atoms with Gasteiger partial charge in [0.15, 0.2) is 0 Å².